The zero-order chi connectivity index (χ0) is 22.4. The van der Waals surface area contributed by atoms with Gasteiger partial charge >= 0.3 is 6.18 Å². The average Bonchev–Trinajstić information content (AvgIpc) is 3.16. The monoisotopic (exact) mass is 432 g/mol. The number of halogens is 3. The Morgan fingerprint density at radius 1 is 1.26 bits per heavy atom. The van der Waals surface area contributed by atoms with Gasteiger partial charge in [0.05, 0.1) is 17.4 Å². The summed E-state index contributed by atoms with van der Waals surface area (Å²) in [6, 6.07) is 4.68. The number of alkyl halides is 3. The first-order valence-electron chi connectivity index (χ1n) is 9.76. The van der Waals surface area contributed by atoms with Gasteiger partial charge in [-0.15, -0.1) is 0 Å². The fraction of sp³-hybridized carbons (Fsp3) is 0.381. The second-order valence-corrected chi connectivity index (χ2v) is 6.89. The molecule has 1 aromatic carbocycles. The molecule has 164 valence electrons. The standard InChI is InChI=1S/C21H23F3N6O/c1-3-25-20(26-10-4-5-16-6-8-17(9-7-16)21(22,23)24)29-11-12-30(19(31)15-29)18-13-27-28(2)14-18/h6-9,13-14H,3,10-12,15H2,1-2H3,(H,25,26). The van der Waals surface area contributed by atoms with E-state index in [1.54, 1.807) is 29.0 Å². The van der Waals surface area contributed by atoms with Gasteiger partial charge in [0.2, 0.25) is 5.91 Å². The van der Waals surface area contributed by atoms with Gasteiger partial charge in [0.1, 0.15) is 13.1 Å². The summed E-state index contributed by atoms with van der Waals surface area (Å²) in [6.45, 7) is 3.98. The number of aliphatic imine (C=N–C) groups is 1. The molecule has 0 bridgehead atoms. The van der Waals surface area contributed by atoms with E-state index >= 15 is 0 Å². The molecule has 31 heavy (non-hydrogen) atoms. The van der Waals surface area contributed by atoms with Crippen LogP contribution < -0.4 is 10.2 Å². The van der Waals surface area contributed by atoms with Gasteiger partial charge in [-0.2, -0.15) is 18.3 Å². The third-order valence-corrected chi connectivity index (χ3v) is 4.61. The number of benzene rings is 1. The lowest BCUT2D eigenvalue weighted by molar-refractivity contribution is -0.137. The summed E-state index contributed by atoms with van der Waals surface area (Å²) < 4.78 is 39.5. The molecule has 1 aliphatic rings. The summed E-state index contributed by atoms with van der Waals surface area (Å²) >= 11 is 0. The van der Waals surface area contributed by atoms with Gasteiger partial charge in [-0.05, 0) is 31.2 Å². The Hall–Kier alpha value is -3.48. The molecule has 0 spiro atoms. The van der Waals surface area contributed by atoms with E-state index in [-0.39, 0.29) is 19.0 Å². The van der Waals surface area contributed by atoms with Crippen molar-refractivity contribution in [2.45, 2.75) is 13.1 Å². The highest BCUT2D eigenvalue weighted by molar-refractivity contribution is 5.98. The summed E-state index contributed by atoms with van der Waals surface area (Å²) in [5.74, 6) is 6.17. The topological polar surface area (TPSA) is 65.8 Å². The van der Waals surface area contributed by atoms with Crippen LogP contribution in [0.5, 0.6) is 0 Å². The number of aromatic nitrogens is 2. The molecule has 2 aromatic rings. The van der Waals surface area contributed by atoms with E-state index in [4.69, 9.17) is 0 Å². The molecule has 0 saturated carbocycles. The van der Waals surface area contributed by atoms with Gasteiger partial charge in [0.25, 0.3) is 0 Å². The smallest absolute Gasteiger partial charge is 0.356 e. The number of carbonyl (C=O) groups is 1. The predicted molar refractivity (Wildman–Crippen MR) is 111 cm³/mol. The van der Waals surface area contributed by atoms with Crippen molar-refractivity contribution in [3.63, 3.8) is 0 Å². The number of carbonyl (C=O) groups excluding carboxylic acids is 1. The maximum absolute atomic E-state index is 12.6. The van der Waals surface area contributed by atoms with E-state index < -0.39 is 11.7 Å². The molecule has 0 radical (unpaired) electrons. The van der Waals surface area contributed by atoms with Crippen molar-refractivity contribution in [1.29, 1.82) is 0 Å². The molecule has 1 aliphatic heterocycles. The molecule has 1 fully saturated rings. The lowest BCUT2D eigenvalue weighted by Gasteiger charge is -2.35. The van der Waals surface area contributed by atoms with Crippen LogP contribution >= 0.6 is 0 Å². The van der Waals surface area contributed by atoms with E-state index in [1.807, 2.05) is 11.8 Å². The normalized spacial score (nSPS) is 15.0. The zero-order valence-corrected chi connectivity index (χ0v) is 17.3. The number of hydrogen-bond donors (Lipinski definition) is 1. The summed E-state index contributed by atoms with van der Waals surface area (Å²) in [6.07, 6.45) is -0.914. The van der Waals surface area contributed by atoms with Crippen LogP contribution in [0.1, 0.15) is 18.1 Å². The van der Waals surface area contributed by atoms with Crippen LogP contribution in [-0.2, 0) is 18.0 Å². The number of guanidine groups is 1. The quantitative estimate of drug-likeness (QED) is 0.458. The predicted octanol–water partition coefficient (Wildman–Crippen LogP) is 2.10. The Morgan fingerprint density at radius 3 is 2.58 bits per heavy atom. The van der Waals surface area contributed by atoms with E-state index in [9.17, 15) is 18.0 Å². The van der Waals surface area contributed by atoms with E-state index in [0.717, 1.165) is 17.8 Å². The van der Waals surface area contributed by atoms with E-state index in [1.165, 1.54) is 12.1 Å². The lowest BCUT2D eigenvalue weighted by Crippen LogP contribution is -2.55. The first-order chi connectivity index (χ1) is 14.8. The van der Waals surface area contributed by atoms with Crippen molar-refractivity contribution < 1.29 is 18.0 Å². The SMILES string of the molecule is CCNC(=NCC#Cc1ccc(C(F)(F)F)cc1)N1CCN(c2cnn(C)c2)C(=O)C1. The molecule has 1 amide bonds. The van der Waals surface area contributed by atoms with Crippen LogP contribution in [0.25, 0.3) is 0 Å². The minimum absolute atomic E-state index is 0.0549. The largest absolute Gasteiger partial charge is 0.416 e. The molecule has 0 aliphatic carbocycles. The summed E-state index contributed by atoms with van der Waals surface area (Å²) in [5, 5.41) is 7.25. The fourth-order valence-corrected chi connectivity index (χ4v) is 3.10. The minimum Gasteiger partial charge on any atom is -0.356 e. The maximum atomic E-state index is 12.6. The third-order valence-electron chi connectivity index (χ3n) is 4.61. The zero-order valence-electron chi connectivity index (χ0n) is 17.3. The summed E-state index contributed by atoms with van der Waals surface area (Å²) in [4.78, 5) is 20.6. The third kappa shape index (κ3) is 5.78. The molecule has 0 atom stereocenters. The highest BCUT2D eigenvalue weighted by Crippen LogP contribution is 2.28. The molecule has 10 heteroatoms. The van der Waals surface area contributed by atoms with Crippen molar-refractivity contribution in [2.75, 3.05) is 37.6 Å². The van der Waals surface area contributed by atoms with E-state index in [0.29, 0.717) is 31.2 Å². The van der Waals surface area contributed by atoms with Crippen molar-refractivity contribution in [1.82, 2.24) is 20.0 Å². The number of rotatable bonds is 3. The number of nitrogens with one attached hydrogen (secondary N) is 1. The minimum atomic E-state index is -4.37. The number of hydrogen-bond acceptors (Lipinski definition) is 3. The maximum Gasteiger partial charge on any atom is 0.416 e. The lowest BCUT2D eigenvalue weighted by atomic mass is 10.1. The second kappa shape index (κ2) is 9.55. The first-order valence-corrected chi connectivity index (χ1v) is 9.76. The van der Waals surface area contributed by atoms with E-state index in [2.05, 4.69) is 27.2 Å². The van der Waals surface area contributed by atoms with Crippen LogP contribution in [0, 0.1) is 11.8 Å². The van der Waals surface area contributed by atoms with Crippen LogP contribution in [-0.4, -0.2) is 59.3 Å². The average molecular weight is 432 g/mol. The number of amides is 1. The molecular weight excluding hydrogens is 409 g/mol. The van der Waals surface area contributed by atoms with Crippen molar-refractivity contribution in [3.8, 4) is 11.8 Å². The number of piperazine rings is 1. The molecule has 1 aromatic heterocycles. The van der Waals surface area contributed by atoms with Crippen molar-refractivity contribution in [2.24, 2.45) is 12.0 Å². The molecule has 1 N–H and O–H groups in total. The van der Waals surface area contributed by atoms with Crippen LogP contribution in [0.2, 0.25) is 0 Å². The van der Waals surface area contributed by atoms with Crippen molar-refractivity contribution in [3.05, 3.63) is 47.8 Å². The first kappa shape index (κ1) is 22.2. The highest BCUT2D eigenvalue weighted by atomic mass is 19.4. The molecule has 7 nitrogen and oxygen atoms in total. The summed E-state index contributed by atoms with van der Waals surface area (Å²) in [7, 11) is 1.80. The number of anilines is 1. The van der Waals surface area contributed by atoms with Gasteiger partial charge in [-0.1, -0.05) is 11.8 Å². The Labute approximate surface area is 178 Å². The number of aryl methyl sites for hydroxylation is 1. The van der Waals surface area contributed by atoms with Crippen LogP contribution in [0.3, 0.4) is 0 Å². The molecule has 1 saturated heterocycles. The van der Waals surface area contributed by atoms with Gasteiger partial charge in [-0.3, -0.25) is 9.48 Å². The van der Waals surface area contributed by atoms with Crippen molar-refractivity contribution >= 4 is 17.6 Å². The number of nitrogens with zero attached hydrogens (tertiary/aromatic N) is 5. The fourth-order valence-electron chi connectivity index (χ4n) is 3.10. The molecule has 3 rings (SSSR count). The van der Waals surface area contributed by atoms with Crippen LogP contribution in [0.4, 0.5) is 18.9 Å². The van der Waals surface area contributed by atoms with Gasteiger partial charge in [0.15, 0.2) is 5.96 Å². The van der Waals surface area contributed by atoms with Crippen LogP contribution in [0.15, 0.2) is 41.7 Å². The Balaban J connectivity index is 1.62. The Bertz CT molecular complexity index is 1000. The molecule has 0 unspecified atom stereocenters. The van der Waals surface area contributed by atoms with Gasteiger partial charge in [0, 0.05) is 38.4 Å². The molecule has 2 heterocycles. The van der Waals surface area contributed by atoms with Gasteiger partial charge < -0.3 is 15.1 Å². The molecular formula is C21H23F3N6O. The Kier molecular flexibility index (Phi) is 6.84. The summed E-state index contributed by atoms with van der Waals surface area (Å²) in [5.41, 5.74) is 0.533. The Morgan fingerprint density at radius 2 is 2.00 bits per heavy atom. The van der Waals surface area contributed by atoms with Gasteiger partial charge in [-0.25, -0.2) is 4.99 Å². The highest BCUT2D eigenvalue weighted by Gasteiger charge is 2.30. The second-order valence-electron chi connectivity index (χ2n) is 6.89.